The van der Waals surface area contributed by atoms with Crippen LogP contribution in [0.3, 0.4) is 0 Å². The maximum atomic E-state index is 4.52. The van der Waals surface area contributed by atoms with Crippen molar-refractivity contribution in [1.82, 2.24) is 15.2 Å². The summed E-state index contributed by atoms with van der Waals surface area (Å²) in [6.45, 7) is 8.33. The van der Waals surface area contributed by atoms with Gasteiger partial charge in [0.05, 0.1) is 5.52 Å². The van der Waals surface area contributed by atoms with Gasteiger partial charge in [-0.25, -0.2) is 0 Å². The van der Waals surface area contributed by atoms with Crippen molar-refractivity contribution in [3.63, 3.8) is 0 Å². The number of fused-ring (bicyclic) bond motifs is 1. The van der Waals surface area contributed by atoms with Gasteiger partial charge in [0.1, 0.15) is 0 Å². The number of rotatable bonds is 6. The zero-order valence-corrected chi connectivity index (χ0v) is 12.1. The van der Waals surface area contributed by atoms with E-state index in [4.69, 9.17) is 0 Å². The van der Waals surface area contributed by atoms with E-state index in [1.165, 1.54) is 10.9 Å². The first-order valence-corrected chi connectivity index (χ1v) is 6.94. The van der Waals surface area contributed by atoms with Gasteiger partial charge in [-0.05, 0) is 44.3 Å². The van der Waals surface area contributed by atoms with Crippen LogP contribution in [0.5, 0.6) is 0 Å². The number of benzene rings is 1. The number of aromatic nitrogens is 1. The van der Waals surface area contributed by atoms with Gasteiger partial charge in [-0.3, -0.25) is 4.98 Å². The molecule has 2 aromatic rings. The van der Waals surface area contributed by atoms with Crippen molar-refractivity contribution in [1.29, 1.82) is 0 Å². The second-order valence-electron chi connectivity index (χ2n) is 5.05. The summed E-state index contributed by atoms with van der Waals surface area (Å²) in [4.78, 5) is 6.83. The van der Waals surface area contributed by atoms with Gasteiger partial charge in [-0.2, -0.15) is 0 Å². The highest BCUT2D eigenvalue weighted by Gasteiger charge is 1.99. The average molecular weight is 257 g/mol. The second kappa shape index (κ2) is 6.64. The Morgan fingerprint density at radius 1 is 1.21 bits per heavy atom. The number of hydrogen-bond acceptors (Lipinski definition) is 3. The van der Waals surface area contributed by atoms with E-state index in [1.54, 1.807) is 0 Å². The Balaban J connectivity index is 1.92. The first-order chi connectivity index (χ1) is 9.19. The lowest BCUT2D eigenvalue weighted by atomic mass is 10.1. The van der Waals surface area contributed by atoms with E-state index < -0.39 is 0 Å². The van der Waals surface area contributed by atoms with E-state index in [-0.39, 0.29) is 0 Å². The molecule has 0 saturated heterocycles. The molecule has 1 N–H and O–H groups in total. The Bertz CT molecular complexity index is 537. The highest BCUT2D eigenvalue weighted by Crippen LogP contribution is 2.14. The first kappa shape index (κ1) is 14.0. The Hall–Kier alpha value is -1.45. The zero-order chi connectivity index (χ0) is 13.7. The molecule has 19 heavy (non-hydrogen) atoms. The smallest absolute Gasteiger partial charge is 0.0705 e. The van der Waals surface area contributed by atoms with Crippen LogP contribution in [-0.2, 0) is 6.54 Å². The van der Waals surface area contributed by atoms with Crippen LogP contribution in [0.15, 0.2) is 30.3 Å². The highest BCUT2D eigenvalue weighted by atomic mass is 15.1. The Morgan fingerprint density at radius 2 is 2.05 bits per heavy atom. The third-order valence-corrected chi connectivity index (χ3v) is 3.43. The maximum absolute atomic E-state index is 4.52. The minimum absolute atomic E-state index is 0.918. The summed E-state index contributed by atoms with van der Waals surface area (Å²) in [7, 11) is 2.14. The molecule has 102 valence electrons. The fourth-order valence-electron chi connectivity index (χ4n) is 2.05. The van der Waals surface area contributed by atoms with Crippen molar-refractivity contribution in [2.75, 3.05) is 26.7 Å². The van der Waals surface area contributed by atoms with Crippen LogP contribution < -0.4 is 5.32 Å². The molecule has 0 aliphatic rings. The van der Waals surface area contributed by atoms with Crippen LogP contribution in [0.2, 0.25) is 0 Å². The van der Waals surface area contributed by atoms with Crippen LogP contribution >= 0.6 is 0 Å². The number of nitrogens with one attached hydrogen (secondary N) is 1. The van der Waals surface area contributed by atoms with Crippen LogP contribution in [0, 0.1) is 6.92 Å². The number of pyridine rings is 1. The molecule has 0 atom stereocenters. The molecule has 3 heteroatoms. The van der Waals surface area contributed by atoms with Crippen molar-refractivity contribution in [2.24, 2.45) is 0 Å². The zero-order valence-electron chi connectivity index (χ0n) is 12.1. The van der Waals surface area contributed by atoms with E-state index in [2.05, 4.69) is 59.5 Å². The topological polar surface area (TPSA) is 28.2 Å². The normalized spacial score (nSPS) is 11.4. The number of aryl methyl sites for hydroxylation is 1. The number of hydrogen-bond donors (Lipinski definition) is 1. The quantitative estimate of drug-likeness (QED) is 0.806. The molecule has 0 saturated carbocycles. The fraction of sp³-hybridized carbons (Fsp3) is 0.438. The molecule has 1 aromatic carbocycles. The van der Waals surface area contributed by atoms with Gasteiger partial charge >= 0.3 is 0 Å². The van der Waals surface area contributed by atoms with Gasteiger partial charge in [-0.1, -0.05) is 19.1 Å². The molecule has 3 nitrogen and oxygen atoms in total. The largest absolute Gasteiger partial charge is 0.311 e. The van der Waals surface area contributed by atoms with Gasteiger partial charge in [0.2, 0.25) is 0 Å². The van der Waals surface area contributed by atoms with Gasteiger partial charge in [-0.15, -0.1) is 0 Å². The lowest BCUT2D eigenvalue weighted by molar-refractivity contribution is 0.349. The SMILES string of the molecule is CCN(C)CCNCc1ccc2nc(C)ccc2c1. The van der Waals surface area contributed by atoms with E-state index in [9.17, 15) is 0 Å². The molecule has 0 aliphatic carbocycles. The number of nitrogens with zero attached hydrogens (tertiary/aromatic N) is 2. The highest BCUT2D eigenvalue weighted by molar-refractivity contribution is 5.79. The lowest BCUT2D eigenvalue weighted by Crippen LogP contribution is -2.28. The van der Waals surface area contributed by atoms with Crippen LogP contribution in [0.4, 0.5) is 0 Å². The van der Waals surface area contributed by atoms with Crippen molar-refractivity contribution in [2.45, 2.75) is 20.4 Å². The molecule has 1 heterocycles. The monoisotopic (exact) mass is 257 g/mol. The van der Waals surface area contributed by atoms with Crippen molar-refractivity contribution >= 4 is 10.9 Å². The predicted octanol–water partition coefficient (Wildman–Crippen LogP) is 2.58. The third-order valence-electron chi connectivity index (χ3n) is 3.43. The van der Waals surface area contributed by atoms with Crippen LogP contribution in [0.25, 0.3) is 10.9 Å². The van der Waals surface area contributed by atoms with E-state index >= 15 is 0 Å². The van der Waals surface area contributed by atoms with Gasteiger partial charge in [0, 0.05) is 30.7 Å². The molecule has 1 aromatic heterocycles. The Labute approximate surface area is 115 Å². The lowest BCUT2D eigenvalue weighted by Gasteiger charge is -2.14. The van der Waals surface area contributed by atoms with E-state index in [0.29, 0.717) is 0 Å². The summed E-state index contributed by atoms with van der Waals surface area (Å²) in [5, 5.41) is 4.70. The van der Waals surface area contributed by atoms with Crippen molar-refractivity contribution in [3.8, 4) is 0 Å². The fourth-order valence-corrected chi connectivity index (χ4v) is 2.05. The Morgan fingerprint density at radius 3 is 2.84 bits per heavy atom. The van der Waals surface area contributed by atoms with Gasteiger partial charge < -0.3 is 10.2 Å². The molecule has 0 aliphatic heterocycles. The molecule has 0 amide bonds. The third kappa shape index (κ3) is 4.01. The molecular weight excluding hydrogens is 234 g/mol. The molecule has 0 bridgehead atoms. The van der Waals surface area contributed by atoms with Crippen molar-refractivity contribution in [3.05, 3.63) is 41.6 Å². The first-order valence-electron chi connectivity index (χ1n) is 6.94. The summed E-state index contributed by atoms with van der Waals surface area (Å²) in [6.07, 6.45) is 0. The standard InChI is InChI=1S/C16H23N3/c1-4-19(3)10-9-17-12-14-6-8-16-15(11-14)7-5-13(2)18-16/h5-8,11,17H,4,9-10,12H2,1-3H3. The summed E-state index contributed by atoms with van der Waals surface area (Å²) in [6, 6.07) is 10.7. The maximum Gasteiger partial charge on any atom is 0.0705 e. The predicted molar refractivity (Wildman–Crippen MR) is 81.4 cm³/mol. The second-order valence-corrected chi connectivity index (χ2v) is 5.05. The van der Waals surface area contributed by atoms with E-state index in [0.717, 1.165) is 37.4 Å². The molecule has 2 rings (SSSR count). The summed E-state index contributed by atoms with van der Waals surface area (Å²) in [5.74, 6) is 0. The van der Waals surface area contributed by atoms with Crippen LogP contribution in [0.1, 0.15) is 18.2 Å². The van der Waals surface area contributed by atoms with Crippen molar-refractivity contribution < 1.29 is 0 Å². The molecular formula is C16H23N3. The van der Waals surface area contributed by atoms with Gasteiger partial charge in [0.25, 0.3) is 0 Å². The summed E-state index contributed by atoms with van der Waals surface area (Å²) < 4.78 is 0. The minimum Gasteiger partial charge on any atom is -0.311 e. The molecule has 0 radical (unpaired) electrons. The van der Waals surface area contributed by atoms with Gasteiger partial charge in [0.15, 0.2) is 0 Å². The minimum atomic E-state index is 0.918. The number of likely N-dealkylation sites (N-methyl/N-ethyl adjacent to an activating group) is 1. The molecule has 0 fully saturated rings. The molecule has 0 spiro atoms. The molecule has 0 unspecified atom stereocenters. The average Bonchev–Trinajstić information content (AvgIpc) is 2.43. The van der Waals surface area contributed by atoms with Crippen LogP contribution in [-0.4, -0.2) is 36.6 Å². The Kier molecular flexibility index (Phi) is 4.88. The summed E-state index contributed by atoms with van der Waals surface area (Å²) >= 11 is 0. The summed E-state index contributed by atoms with van der Waals surface area (Å²) in [5.41, 5.74) is 3.47. The van der Waals surface area contributed by atoms with E-state index in [1.807, 2.05) is 6.92 Å².